The number of nitrogens with zero attached hydrogens (tertiary/aromatic N) is 1. The van der Waals surface area contributed by atoms with E-state index in [2.05, 4.69) is 27.3 Å². The maximum Gasteiger partial charge on any atom is 0.206 e. The molecule has 0 fully saturated rings. The molecule has 1 N–H and O–H groups in total. The van der Waals surface area contributed by atoms with Gasteiger partial charge in [0.25, 0.3) is 0 Å². The molecule has 0 radical (unpaired) electrons. The maximum absolute atomic E-state index is 12.6. The van der Waals surface area contributed by atoms with Gasteiger partial charge in [0.05, 0.1) is 36.9 Å². The molecule has 0 aliphatic heterocycles. The van der Waals surface area contributed by atoms with Crippen LogP contribution in [0.15, 0.2) is 46.3 Å². The molecule has 0 aliphatic carbocycles. The van der Waals surface area contributed by atoms with Gasteiger partial charge in [-0.2, -0.15) is 5.26 Å². The van der Waals surface area contributed by atoms with Crippen molar-refractivity contribution in [1.82, 2.24) is 0 Å². The summed E-state index contributed by atoms with van der Waals surface area (Å²) >= 11 is 23.3. The van der Waals surface area contributed by atoms with Crippen molar-refractivity contribution >= 4 is 79.2 Å². The Bertz CT molecular complexity index is 1060. The first-order valence-corrected chi connectivity index (χ1v) is 9.95. The predicted octanol–water partition coefficient (Wildman–Crippen LogP) is 7.32. The average molecular weight is 487 g/mol. The molecule has 130 valence electrons. The molecule has 3 rings (SSSR count). The third-order valence-electron chi connectivity index (χ3n) is 3.52. The molecule has 1 aromatic heterocycles. The highest BCUT2D eigenvalue weighted by Gasteiger charge is 2.20. The smallest absolute Gasteiger partial charge is 0.206 e. The van der Waals surface area contributed by atoms with Gasteiger partial charge in [-0.15, -0.1) is 11.3 Å². The number of carbonyl (C=O) groups excluding carboxylic acids is 1. The normalized spacial score (nSPS) is 10.4. The van der Waals surface area contributed by atoms with E-state index in [1.165, 1.54) is 11.3 Å². The van der Waals surface area contributed by atoms with E-state index in [1.807, 2.05) is 0 Å². The van der Waals surface area contributed by atoms with Gasteiger partial charge in [-0.05, 0) is 41.8 Å². The Kier molecular flexibility index (Phi) is 5.91. The van der Waals surface area contributed by atoms with Crippen LogP contribution in [-0.2, 0) is 0 Å². The lowest BCUT2D eigenvalue weighted by Crippen LogP contribution is -2.02. The molecule has 8 heteroatoms. The number of hydrogen-bond acceptors (Lipinski definition) is 4. The maximum atomic E-state index is 12.6. The molecule has 1 heterocycles. The van der Waals surface area contributed by atoms with E-state index in [4.69, 9.17) is 34.8 Å². The van der Waals surface area contributed by atoms with E-state index in [9.17, 15) is 10.1 Å². The van der Waals surface area contributed by atoms with Crippen LogP contribution in [0.5, 0.6) is 0 Å². The van der Waals surface area contributed by atoms with Crippen molar-refractivity contribution in [3.8, 4) is 6.07 Å². The first-order valence-electron chi connectivity index (χ1n) is 7.14. The second-order valence-corrected chi connectivity index (χ2v) is 8.14. The lowest BCUT2D eigenvalue weighted by atomic mass is 10.1. The topological polar surface area (TPSA) is 52.9 Å². The molecule has 3 nitrogen and oxygen atoms in total. The van der Waals surface area contributed by atoms with Crippen LogP contribution < -0.4 is 5.32 Å². The zero-order valence-electron chi connectivity index (χ0n) is 12.8. The molecule has 0 aliphatic rings. The molecular weight excluding hydrogens is 479 g/mol. The van der Waals surface area contributed by atoms with Crippen LogP contribution in [0.2, 0.25) is 15.1 Å². The predicted molar refractivity (Wildman–Crippen MR) is 111 cm³/mol. The average Bonchev–Trinajstić information content (AvgIpc) is 3.06. The Morgan fingerprint density at radius 3 is 2.46 bits per heavy atom. The van der Waals surface area contributed by atoms with E-state index in [0.29, 0.717) is 26.8 Å². The summed E-state index contributed by atoms with van der Waals surface area (Å²) in [6, 6.07) is 12.2. The molecule has 2 aromatic carbocycles. The summed E-state index contributed by atoms with van der Waals surface area (Å²) in [6.07, 6.45) is 0. The number of carbonyl (C=O) groups is 1. The summed E-state index contributed by atoms with van der Waals surface area (Å²) in [7, 11) is 0. The first-order chi connectivity index (χ1) is 12.4. The van der Waals surface area contributed by atoms with Crippen molar-refractivity contribution in [2.45, 2.75) is 0 Å². The Hall–Kier alpha value is -1.55. The molecule has 26 heavy (non-hydrogen) atoms. The van der Waals surface area contributed by atoms with Gasteiger partial charge in [0.1, 0.15) is 6.07 Å². The lowest BCUT2D eigenvalue weighted by molar-refractivity contribution is 0.104. The highest BCUT2D eigenvalue weighted by molar-refractivity contribution is 9.10. The molecule has 0 saturated heterocycles. The number of ketones is 1. The fraction of sp³-hybridized carbons (Fsp3) is 0. The molecule has 3 aromatic rings. The summed E-state index contributed by atoms with van der Waals surface area (Å²) in [5.41, 5.74) is 1.78. The highest BCUT2D eigenvalue weighted by Crippen LogP contribution is 2.37. The van der Waals surface area contributed by atoms with Crippen LogP contribution in [0, 0.1) is 11.3 Å². The first kappa shape index (κ1) is 19.2. The minimum atomic E-state index is -0.287. The number of benzene rings is 2. The zero-order valence-corrected chi connectivity index (χ0v) is 17.5. The summed E-state index contributed by atoms with van der Waals surface area (Å²) in [5, 5.41) is 14.8. The molecule has 0 unspecified atom stereocenters. The molecule has 0 spiro atoms. The van der Waals surface area contributed by atoms with Crippen LogP contribution in [0.25, 0.3) is 0 Å². The minimum absolute atomic E-state index is 0.127. The number of rotatable bonds is 4. The summed E-state index contributed by atoms with van der Waals surface area (Å²) in [4.78, 5) is 13.0. The van der Waals surface area contributed by atoms with Crippen LogP contribution in [0.4, 0.5) is 11.4 Å². The van der Waals surface area contributed by atoms with Gasteiger partial charge in [0, 0.05) is 10.0 Å². The van der Waals surface area contributed by atoms with Crippen LogP contribution >= 0.6 is 62.1 Å². The Morgan fingerprint density at radius 2 is 1.81 bits per heavy atom. The number of nitrogens with one attached hydrogen (secondary N) is 1. The number of thiophene rings is 1. The van der Waals surface area contributed by atoms with Crippen molar-refractivity contribution in [1.29, 1.82) is 5.26 Å². The molecular formula is C18H8BrCl3N2OS. The second kappa shape index (κ2) is 7.99. The van der Waals surface area contributed by atoms with Gasteiger partial charge in [0.15, 0.2) is 0 Å². The van der Waals surface area contributed by atoms with Crippen molar-refractivity contribution in [3.05, 3.63) is 77.3 Å². The largest absolute Gasteiger partial charge is 0.353 e. The molecule has 0 bridgehead atoms. The number of halogens is 4. The summed E-state index contributed by atoms with van der Waals surface area (Å²) in [6.45, 7) is 0. The van der Waals surface area contributed by atoms with E-state index >= 15 is 0 Å². The summed E-state index contributed by atoms with van der Waals surface area (Å²) < 4.78 is 0.789. The Morgan fingerprint density at radius 1 is 1.08 bits per heavy atom. The summed E-state index contributed by atoms with van der Waals surface area (Å²) in [5.74, 6) is -0.287. The van der Waals surface area contributed by atoms with E-state index in [-0.39, 0.29) is 21.4 Å². The SMILES string of the molecule is N#Cc1cc(Br)ccc1Nc1ccc(C(=O)c2sccc2Cl)c(Cl)c1Cl. The second-order valence-electron chi connectivity index (χ2n) is 5.14. The Labute approximate surface area is 177 Å². The van der Waals surface area contributed by atoms with E-state index in [0.717, 1.165) is 4.47 Å². The molecule has 0 saturated carbocycles. The van der Waals surface area contributed by atoms with E-state index < -0.39 is 0 Å². The quantitative estimate of drug-likeness (QED) is 0.393. The van der Waals surface area contributed by atoms with Gasteiger partial charge in [-0.1, -0.05) is 50.7 Å². The van der Waals surface area contributed by atoms with Crippen molar-refractivity contribution in [3.63, 3.8) is 0 Å². The van der Waals surface area contributed by atoms with E-state index in [1.54, 1.807) is 41.8 Å². The van der Waals surface area contributed by atoms with Crippen LogP contribution in [0.3, 0.4) is 0 Å². The molecule has 0 atom stereocenters. The third kappa shape index (κ3) is 3.75. The standard InChI is InChI=1S/C18H8BrCl3N2OS/c19-10-1-3-13(9(7-10)8-23)24-14-4-2-11(15(21)16(14)22)17(25)18-12(20)5-6-26-18/h1-7,24H. The van der Waals surface area contributed by atoms with Crippen molar-refractivity contribution < 1.29 is 4.79 Å². The van der Waals surface area contributed by atoms with Gasteiger partial charge in [-0.3, -0.25) is 4.79 Å². The number of nitriles is 1. The van der Waals surface area contributed by atoms with Gasteiger partial charge in [0.2, 0.25) is 5.78 Å². The molecule has 0 amide bonds. The van der Waals surface area contributed by atoms with Gasteiger partial charge < -0.3 is 5.32 Å². The monoisotopic (exact) mass is 484 g/mol. The Balaban J connectivity index is 1.97. The van der Waals surface area contributed by atoms with Crippen LogP contribution in [-0.4, -0.2) is 5.78 Å². The zero-order chi connectivity index (χ0) is 18.8. The van der Waals surface area contributed by atoms with Crippen LogP contribution in [0.1, 0.15) is 20.8 Å². The van der Waals surface area contributed by atoms with Crippen molar-refractivity contribution in [2.24, 2.45) is 0 Å². The highest BCUT2D eigenvalue weighted by atomic mass is 79.9. The van der Waals surface area contributed by atoms with Gasteiger partial charge >= 0.3 is 0 Å². The lowest BCUT2D eigenvalue weighted by Gasteiger charge is -2.13. The third-order valence-corrected chi connectivity index (χ3v) is 6.24. The number of anilines is 2. The van der Waals surface area contributed by atoms with Crippen molar-refractivity contribution in [2.75, 3.05) is 5.32 Å². The fourth-order valence-electron chi connectivity index (χ4n) is 2.26. The number of hydrogen-bond donors (Lipinski definition) is 1. The van der Waals surface area contributed by atoms with Gasteiger partial charge in [-0.25, -0.2) is 0 Å². The fourth-order valence-corrected chi connectivity index (χ4v) is 4.18. The minimum Gasteiger partial charge on any atom is -0.353 e.